The average molecular weight is 309 g/mol. The number of benzene rings is 1. The molecule has 6 heteroatoms. The maximum atomic E-state index is 13.1. The van der Waals surface area contributed by atoms with Gasteiger partial charge >= 0.3 is 6.03 Å². The molecule has 1 aromatic carbocycles. The van der Waals surface area contributed by atoms with E-state index in [1.807, 2.05) is 0 Å². The predicted octanol–water partition coefficient (Wildman–Crippen LogP) is 1.91. The Kier molecular flexibility index (Phi) is 6.61. The summed E-state index contributed by atoms with van der Waals surface area (Å²) in [6.07, 6.45) is 2.33. The summed E-state index contributed by atoms with van der Waals surface area (Å²) >= 11 is 0. The highest BCUT2D eigenvalue weighted by atomic mass is 19.1. The van der Waals surface area contributed by atoms with Crippen LogP contribution >= 0.6 is 0 Å². The molecular formula is C16H24FN3O2. The highest BCUT2D eigenvalue weighted by molar-refractivity contribution is 5.73. The number of hydrogen-bond acceptors (Lipinski definition) is 3. The van der Waals surface area contributed by atoms with Crippen molar-refractivity contribution >= 4 is 6.03 Å². The Balaban J connectivity index is 1.93. The summed E-state index contributed by atoms with van der Waals surface area (Å²) < 4.78 is 18.0. The van der Waals surface area contributed by atoms with Crippen LogP contribution in [-0.2, 0) is 4.74 Å². The SMILES string of the molecule is COCCNC(=O)NCC(c1ccc(F)cc1)N1CCCC1. The van der Waals surface area contributed by atoms with Crippen LogP contribution < -0.4 is 10.6 Å². The van der Waals surface area contributed by atoms with E-state index in [9.17, 15) is 9.18 Å². The molecule has 1 atom stereocenters. The minimum atomic E-state index is -0.241. The van der Waals surface area contributed by atoms with Crippen LogP contribution in [0.15, 0.2) is 24.3 Å². The van der Waals surface area contributed by atoms with Gasteiger partial charge in [0.1, 0.15) is 5.82 Å². The van der Waals surface area contributed by atoms with Crippen LogP contribution in [0.3, 0.4) is 0 Å². The summed E-state index contributed by atoms with van der Waals surface area (Å²) in [7, 11) is 1.59. The van der Waals surface area contributed by atoms with Gasteiger partial charge in [-0.25, -0.2) is 9.18 Å². The van der Waals surface area contributed by atoms with Crippen molar-refractivity contribution in [3.05, 3.63) is 35.6 Å². The van der Waals surface area contributed by atoms with Gasteiger partial charge in [0.05, 0.1) is 12.6 Å². The molecular weight excluding hydrogens is 285 g/mol. The van der Waals surface area contributed by atoms with Crippen molar-refractivity contribution in [2.24, 2.45) is 0 Å². The molecule has 0 bridgehead atoms. The molecule has 1 fully saturated rings. The lowest BCUT2D eigenvalue weighted by atomic mass is 10.1. The van der Waals surface area contributed by atoms with Gasteiger partial charge in [0.15, 0.2) is 0 Å². The van der Waals surface area contributed by atoms with Crippen LogP contribution in [0.25, 0.3) is 0 Å². The number of likely N-dealkylation sites (tertiary alicyclic amines) is 1. The van der Waals surface area contributed by atoms with Crippen LogP contribution in [-0.4, -0.2) is 50.8 Å². The number of rotatable bonds is 7. The number of hydrogen-bond donors (Lipinski definition) is 2. The molecule has 1 saturated heterocycles. The molecule has 122 valence electrons. The molecule has 1 aliphatic rings. The van der Waals surface area contributed by atoms with Crippen molar-refractivity contribution in [3.8, 4) is 0 Å². The lowest BCUT2D eigenvalue weighted by Crippen LogP contribution is -2.42. The molecule has 0 aliphatic carbocycles. The Labute approximate surface area is 130 Å². The smallest absolute Gasteiger partial charge is 0.314 e. The highest BCUT2D eigenvalue weighted by Crippen LogP contribution is 2.24. The zero-order chi connectivity index (χ0) is 15.8. The van der Waals surface area contributed by atoms with Gasteiger partial charge in [0, 0.05) is 20.2 Å². The number of nitrogens with zero attached hydrogens (tertiary/aromatic N) is 1. The molecule has 0 radical (unpaired) electrons. The number of urea groups is 1. The second-order valence-corrected chi connectivity index (χ2v) is 5.44. The number of carbonyl (C=O) groups excluding carboxylic acids is 1. The molecule has 1 unspecified atom stereocenters. The minimum absolute atomic E-state index is 0.0799. The predicted molar refractivity (Wildman–Crippen MR) is 83.2 cm³/mol. The largest absolute Gasteiger partial charge is 0.383 e. The summed E-state index contributed by atoms with van der Waals surface area (Å²) in [5.41, 5.74) is 1.03. The summed E-state index contributed by atoms with van der Waals surface area (Å²) in [4.78, 5) is 14.1. The van der Waals surface area contributed by atoms with Gasteiger partial charge < -0.3 is 15.4 Å². The lowest BCUT2D eigenvalue weighted by Gasteiger charge is -2.28. The van der Waals surface area contributed by atoms with Crippen LogP contribution in [0.5, 0.6) is 0 Å². The number of amides is 2. The summed E-state index contributed by atoms with van der Waals surface area (Å²) in [5, 5.41) is 5.63. The monoisotopic (exact) mass is 309 g/mol. The van der Waals surface area contributed by atoms with Gasteiger partial charge in [-0.2, -0.15) is 0 Å². The van der Waals surface area contributed by atoms with Gasteiger partial charge in [-0.3, -0.25) is 4.90 Å². The second-order valence-electron chi connectivity index (χ2n) is 5.44. The lowest BCUT2D eigenvalue weighted by molar-refractivity contribution is 0.193. The zero-order valence-corrected chi connectivity index (χ0v) is 13.0. The number of ether oxygens (including phenoxy) is 1. The Morgan fingerprint density at radius 2 is 1.95 bits per heavy atom. The third-order valence-electron chi connectivity index (χ3n) is 3.88. The Morgan fingerprint density at radius 1 is 1.27 bits per heavy atom. The van der Waals surface area contributed by atoms with Crippen molar-refractivity contribution in [3.63, 3.8) is 0 Å². The molecule has 2 rings (SSSR count). The first-order valence-corrected chi connectivity index (χ1v) is 7.71. The van der Waals surface area contributed by atoms with Crippen LogP contribution in [0.1, 0.15) is 24.4 Å². The second kappa shape index (κ2) is 8.70. The van der Waals surface area contributed by atoms with E-state index in [1.54, 1.807) is 19.2 Å². The van der Waals surface area contributed by atoms with Crippen molar-refractivity contribution in [1.29, 1.82) is 0 Å². The topological polar surface area (TPSA) is 53.6 Å². The fourth-order valence-electron chi connectivity index (χ4n) is 2.71. The third-order valence-corrected chi connectivity index (χ3v) is 3.88. The van der Waals surface area contributed by atoms with Crippen LogP contribution in [0.2, 0.25) is 0 Å². The number of carbonyl (C=O) groups is 1. The number of methoxy groups -OCH3 is 1. The van der Waals surface area contributed by atoms with Crippen molar-refractivity contribution in [2.45, 2.75) is 18.9 Å². The molecule has 0 spiro atoms. The molecule has 1 heterocycles. The van der Waals surface area contributed by atoms with Crippen LogP contribution in [0.4, 0.5) is 9.18 Å². The summed E-state index contributed by atoms with van der Waals surface area (Å²) in [6, 6.07) is 6.40. The van der Waals surface area contributed by atoms with E-state index in [0.29, 0.717) is 19.7 Å². The quantitative estimate of drug-likeness (QED) is 0.757. The van der Waals surface area contributed by atoms with E-state index in [0.717, 1.165) is 31.5 Å². The molecule has 1 aliphatic heterocycles. The van der Waals surface area contributed by atoms with Gasteiger partial charge in [0.2, 0.25) is 0 Å². The van der Waals surface area contributed by atoms with Crippen LogP contribution in [0, 0.1) is 5.82 Å². The fourth-order valence-corrected chi connectivity index (χ4v) is 2.71. The van der Waals surface area contributed by atoms with E-state index < -0.39 is 0 Å². The van der Waals surface area contributed by atoms with E-state index >= 15 is 0 Å². The fraction of sp³-hybridized carbons (Fsp3) is 0.562. The van der Waals surface area contributed by atoms with Crippen molar-refractivity contribution < 1.29 is 13.9 Å². The van der Waals surface area contributed by atoms with E-state index in [-0.39, 0.29) is 17.9 Å². The Morgan fingerprint density at radius 3 is 2.59 bits per heavy atom. The molecule has 0 aromatic heterocycles. The summed E-state index contributed by atoms with van der Waals surface area (Å²) in [5.74, 6) is -0.241. The average Bonchev–Trinajstić information content (AvgIpc) is 3.04. The first-order valence-electron chi connectivity index (χ1n) is 7.71. The molecule has 0 saturated carbocycles. The standard InChI is InChI=1S/C16H24FN3O2/c1-22-11-8-18-16(21)19-12-15(20-9-2-3-10-20)13-4-6-14(17)7-5-13/h4-7,15H,2-3,8-12H2,1H3,(H2,18,19,21). The molecule has 2 N–H and O–H groups in total. The Bertz CT molecular complexity index is 461. The zero-order valence-electron chi connectivity index (χ0n) is 13.0. The molecule has 1 aromatic rings. The number of nitrogens with one attached hydrogen (secondary N) is 2. The van der Waals surface area contributed by atoms with E-state index in [4.69, 9.17) is 4.74 Å². The van der Waals surface area contributed by atoms with Gasteiger partial charge in [-0.1, -0.05) is 12.1 Å². The maximum absolute atomic E-state index is 13.1. The van der Waals surface area contributed by atoms with E-state index in [2.05, 4.69) is 15.5 Å². The minimum Gasteiger partial charge on any atom is -0.383 e. The summed E-state index contributed by atoms with van der Waals surface area (Å²) in [6.45, 7) is 3.49. The highest BCUT2D eigenvalue weighted by Gasteiger charge is 2.23. The van der Waals surface area contributed by atoms with Crippen molar-refractivity contribution in [2.75, 3.05) is 39.9 Å². The van der Waals surface area contributed by atoms with Gasteiger partial charge in [-0.15, -0.1) is 0 Å². The normalized spacial score (nSPS) is 16.5. The van der Waals surface area contributed by atoms with Crippen molar-refractivity contribution in [1.82, 2.24) is 15.5 Å². The molecule has 22 heavy (non-hydrogen) atoms. The van der Waals surface area contributed by atoms with Gasteiger partial charge in [-0.05, 0) is 43.6 Å². The Hall–Kier alpha value is -1.66. The molecule has 5 nitrogen and oxygen atoms in total. The van der Waals surface area contributed by atoms with Gasteiger partial charge in [0.25, 0.3) is 0 Å². The first kappa shape index (κ1) is 16.7. The molecule has 2 amide bonds. The maximum Gasteiger partial charge on any atom is 0.314 e. The van der Waals surface area contributed by atoms with E-state index in [1.165, 1.54) is 12.1 Å². The third kappa shape index (κ3) is 4.96. The first-order chi connectivity index (χ1) is 10.7. The number of halogens is 1.